The van der Waals surface area contributed by atoms with Gasteiger partial charge in [0.25, 0.3) is 0 Å². The second-order valence-corrected chi connectivity index (χ2v) is 8.82. The summed E-state index contributed by atoms with van der Waals surface area (Å²) < 4.78 is 17.2. The van der Waals surface area contributed by atoms with Crippen molar-refractivity contribution in [3.8, 4) is 11.1 Å². The summed E-state index contributed by atoms with van der Waals surface area (Å²) in [5.74, 6) is -0.0250. The van der Waals surface area contributed by atoms with Gasteiger partial charge in [-0.2, -0.15) is 10.2 Å². The second-order valence-electron chi connectivity index (χ2n) is 8.44. The van der Waals surface area contributed by atoms with Crippen LogP contribution in [-0.2, 0) is 4.79 Å². The molecule has 2 fully saturated rings. The van der Waals surface area contributed by atoms with Crippen LogP contribution in [-0.4, -0.2) is 64.3 Å². The Bertz CT molecular complexity index is 1300. The maximum Gasteiger partial charge on any atom is 0.212 e. The predicted molar refractivity (Wildman–Crippen MR) is 128 cm³/mol. The maximum atomic E-state index is 15.6. The number of nitrogens with one attached hydrogen (secondary N) is 2. The highest BCUT2D eigenvalue weighted by Crippen LogP contribution is 2.43. The van der Waals surface area contributed by atoms with Gasteiger partial charge in [-0.25, -0.2) is 8.91 Å². The largest absolute Gasteiger partial charge is 0.365 e. The molecule has 0 bridgehead atoms. The lowest BCUT2D eigenvalue weighted by Gasteiger charge is -2.34. The maximum absolute atomic E-state index is 15.6. The highest BCUT2D eigenvalue weighted by molar-refractivity contribution is 6.36. The number of fused-ring (bicyclic) bond motifs is 2. The van der Waals surface area contributed by atoms with Gasteiger partial charge in [0.1, 0.15) is 5.69 Å². The van der Waals surface area contributed by atoms with Crippen molar-refractivity contribution in [2.75, 3.05) is 43.4 Å². The van der Waals surface area contributed by atoms with Crippen molar-refractivity contribution in [3.05, 3.63) is 41.4 Å². The molecule has 2 N–H and O–H groups in total. The SMILES string of the molecule is C1CC1.CN1CCN(c2c(F)c(Cl)c(-c3ccn4nc(NC=O)cc4c3)c3cn[nH]c23)CC1. The summed E-state index contributed by atoms with van der Waals surface area (Å²) in [7, 11) is 2.05. The Morgan fingerprint density at radius 3 is 2.64 bits per heavy atom. The lowest BCUT2D eigenvalue weighted by atomic mass is 10.0. The molecule has 8 nitrogen and oxygen atoms in total. The molecule has 1 saturated heterocycles. The van der Waals surface area contributed by atoms with Crippen LogP contribution in [0.1, 0.15) is 19.3 Å². The standard InChI is InChI=1S/C20H19ClFN7O.C3H6/c1-27-4-6-28(7-5-27)20-18(22)17(21)16(14-10-24-25-19(14)20)12-2-3-29-13(8-12)9-15(26-29)23-11-30;1-2-3-1/h2-3,8-11H,4-7H2,1H3,(H,24,25)(H,23,26,30);1-3H2. The Morgan fingerprint density at radius 1 is 1.18 bits per heavy atom. The number of carbonyl (C=O) groups excluding carboxylic acids is 1. The first kappa shape index (κ1) is 21.7. The van der Waals surface area contributed by atoms with Crippen LogP contribution in [0.25, 0.3) is 27.5 Å². The molecule has 4 heterocycles. The topological polar surface area (TPSA) is 81.6 Å². The number of aromatic amines is 1. The fourth-order valence-electron chi connectivity index (χ4n) is 3.99. The van der Waals surface area contributed by atoms with Gasteiger partial charge in [0.2, 0.25) is 6.41 Å². The molecule has 1 amide bonds. The van der Waals surface area contributed by atoms with Crippen molar-refractivity contribution < 1.29 is 9.18 Å². The summed E-state index contributed by atoms with van der Waals surface area (Å²) in [5.41, 5.74) is 3.15. The van der Waals surface area contributed by atoms with Crippen LogP contribution in [0, 0.1) is 5.82 Å². The van der Waals surface area contributed by atoms with Gasteiger partial charge in [-0.3, -0.25) is 9.89 Å². The number of amides is 1. The normalized spacial score (nSPS) is 16.0. The van der Waals surface area contributed by atoms with Gasteiger partial charge in [0.05, 0.1) is 22.3 Å². The summed E-state index contributed by atoms with van der Waals surface area (Å²) in [6.45, 7) is 3.13. The molecule has 1 saturated carbocycles. The van der Waals surface area contributed by atoms with E-state index in [1.807, 2.05) is 17.0 Å². The van der Waals surface area contributed by atoms with Crippen molar-refractivity contribution in [2.45, 2.75) is 19.3 Å². The minimum absolute atomic E-state index is 0.0629. The molecule has 4 aromatic rings. The van der Waals surface area contributed by atoms with E-state index in [0.717, 1.165) is 29.6 Å². The highest BCUT2D eigenvalue weighted by atomic mass is 35.5. The van der Waals surface area contributed by atoms with Gasteiger partial charge in [-0.15, -0.1) is 0 Å². The Kier molecular flexibility index (Phi) is 5.90. The van der Waals surface area contributed by atoms with E-state index in [9.17, 15) is 4.79 Å². The number of hydrogen-bond acceptors (Lipinski definition) is 5. The first-order chi connectivity index (χ1) is 16.1. The summed E-state index contributed by atoms with van der Waals surface area (Å²) in [4.78, 5) is 14.9. The zero-order valence-corrected chi connectivity index (χ0v) is 19.1. The third kappa shape index (κ3) is 4.26. The quantitative estimate of drug-likeness (QED) is 0.438. The number of carbonyl (C=O) groups is 1. The van der Waals surface area contributed by atoms with Gasteiger partial charge in [-0.05, 0) is 24.7 Å². The summed E-state index contributed by atoms with van der Waals surface area (Å²) >= 11 is 6.59. The minimum Gasteiger partial charge on any atom is -0.365 e. The van der Waals surface area contributed by atoms with Gasteiger partial charge < -0.3 is 15.1 Å². The Balaban J connectivity index is 0.000000705. The van der Waals surface area contributed by atoms with E-state index in [0.29, 0.717) is 42.1 Å². The van der Waals surface area contributed by atoms with Crippen LogP contribution in [0.4, 0.5) is 15.9 Å². The molecular weight excluding hydrogens is 445 g/mol. The van der Waals surface area contributed by atoms with E-state index in [-0.39, 0.29) is 5.02 Å². The number of pyridine rings is 1. The van der Waals surface area contributed by atoms with Crippen LogP contribution >= 0.6 is 11.6 Å². The van der Waals surface area contributed by atoms with E-state index in [1.165, 1.54) is 19.3 Å². The number of rotatable bonds is 4. The van der Waals surface area contributed by atoms with E-state index in [2.05, 4.69) is 32.6 Å². The van der Waals surface area contributed by atoms with E-state index < -0.39 is 5.82 Å². The van der Waals surface area contributed by atoms with Crippen molar-refractivity contribution in [3.63, 3.8) is 0 Å². The minimum atomic E-state index is -0.454. The summed E-state index contributed by atoms with van der Waals surface area (Å²) in [6, 6.07) is 5.40. The third-order valence-electron chi connectivity index (χ3n) is 5.90. The molecular formula is C23H25ClFN7O. The molecule has 0 atom stereocenters. The molecule has 2 aliphatic rings. The van der Waals surface area contributed by atoms with Crippen LogP contribution in [0.15, 0.2) is 30.6 Å². The summed E-state index contributed by atoms with van der Waals surface area (Å²) in [5, 5.41) is 14.7. The molecule has 1 aliphatic carbocycles. The third-order valence-corrected chi connectivity index (χ3v) is 6.25. The number of H-pyrrole nitrogens is 1. The van der Waals surface area contributed by atoms with Crippen molar-refractivity contribution >= 4 is 45.9 Å². The van der Waals surface area contributed by atoms with Crippen LogP contribution in [0.5, 0.6) is 0 Å². The Hall–Kier alpha value is -3.17. The molecule has 0 unspecified atom stereocenters. The van der Waals surface area contributed by atoms with Crippen molar-refractivity contribution in [1.82, 2.24) is 24.7 Å². The van der Waals surface area contributed by atoms with Gasteiger partial charge in [-0.1, -0.05) is 30.9 Å². The monoisotopic (exact) mass is 469 g/mol. The number of likely N-dealkylation sites (N-methyl/N-ethyl adjacent to an activating group) is 1. The number of anilines is 2. The molecule has 0 radical (unpaired) electrons. The number of hydrogen-bond donors (Lipinski definition) is 2. The smallest absolute Gasteiger partial charge is 0.212 e. The van der Waals surface area contributed by atoms with E-state index >= 15 is 4.39 Å². The van der Waals surface area contributed by atoms with Gasteiger partial charge >= 0.3 is 0 Å². The lowest BCUT2D eigenvalue weighted by Crippen LogP contribution is -2.45. The lowest BCUT2D eigenvalue weighted by molar-refractivity contribution is -0.105. The molecule has 33 heavy (non-hydrogen) atoms. The molecule has 3 aromatic heterocycles. The summed E-state index contributed by atoms with van der Waals surface area (Å²) in [6.07, 6.45) is 8.49. The van der Waals surface area contributed by atoms with Crippen molar-refractivity contribution in [2.24, 2.45) is 0 Å². The van der Waals surface area contributed by atoms with Gasteiger partial charge in [0.15, 0.2) is 11.6 Å². The Labute approximate surface area is 195 Å². The highest BCUT2D eigenvalue weighted by Gasteiger charge is 2.26. The number of nitrogens with zero attached hydrogens (tertiary/aromatic N) is 5. The van der Waals surface area contributed by atoms with E-state index in [1.54, 1.807) is 23.0 Å². The molecule has 1 aliphatic heterocycles. The first-order valence-electron chi connectivity index (χ1n) is 11.0. The molecule has 1 aromatic carbocycles. The molecule has 172 valence electrons. The molecule has 10 heteroatoms. The fraction of sp³-hybridized carbons (Fsp3) is 0.348. The zero-order chi connectivity index (χ0) is 22.9. The van der Waals surface area contributed by atoms with Crippen molar-refractivity contribution in [1.29, 1.82) is 0 Å². The molecule has 0 spiro atoms. The fourth-order valence-corrected chi connectivity index (χ4v) is 4.29. The van der Waals surface area contributed by atoms with Crippen LogP contribution in [0.3, 0.4) is 0 Å². The number of benzene rings is 1. The predicted octanol–water partition coefficient (Wildman–Crippen LogP) is 4.16. The Morgan fingerprint density at radius 2 is 1.94 bits per heavy atom. The van der Waals surface area contributed by atoms with Crippen LogP contribution < -0.4 is 10.2 Å². The van der Waals surface area contributed by atoms with Crippen LogP contribution in [0.2, 0.25) is 5.02 Å². The molecule has 6 rings (SSSR count). The number of piperazine rings is 1. The zero-order valence-electron chi connectivity index (χ0n) is 18.3. The number of halogens is 2. The number of aromatic nitrogens is 4. The average molecular weight is 470 g/mol. The second kappa shape index (κ2) is 8.99. The first-order valence-corrected chi connectivity index (χ1v) is 11.4. The van der Waals surface area contributed by atoms with E-state index in [4.69, 9.17) is 11.6 Å². The van der Waals surface area contributed by atoms with Gasteiger partial charge in [0, 0.05) is 49.4 Å². The average Bonchev–Trinajstić information content (AvgIpc) is 3.53.